The first kappa shape index (κ1) is 24.3. The second-order valence-electron chi connectivity index (χ2n) is 6.89. The van der Waals surface area contributed by atoms with Gasteiger partial charge in [-0.15, -0.1) is 0 Å². The highest BCUT2D eigenvalue weighted by atomic mass is 32.2. The van der Waals surface area contributed by atoms with Crippen LogP contribution in [0.1, 0.15) is 29.3 Å². The lowest BCUT2D eigenvalue weighted by Gasteiger charge is -2.16. The van der Waals surface area contributed by atoms with Crippen LogP contribution in [0.5, 0.6) is 17.2 Å². The Kier molecular flexibility index (Phi) is 7.72. The molecule has 0 bridgehead atoms. The Morgan fingerprint density at radius 1 is 1.00 bits per heavy atom. The number of carbonyl (C=O) groups is 1. The quantitative estimate of drug-likeness (QED) is 0.446. The second-order valence-corrected chi connectivity index (χ2v) is 7.95. The van der Waals surface area contributed by atoms with Crippen molar-refractivity contribution in [2.75, 3.05) is 11.9 Å². The maximum Gasteiger partial charge on any atom is 0.416 e. The fraction of sp³-hybridized carbons (Fsp3) is 0.174. The average Bonchev–Trinajstić information content (AvgIpc) is 2.78. The molecule has 1 unspecified atom stereocenters. The summed E-state index contributed by atoms with van der Waals surface area (Å²) in [5.74, 6) is -0.514. The van der Waals surface area contributed by atoms with E-state index in [1.165, 1.54) is 24.3 Å². The van der Waals surface area contributed by atoms with Crippen LogP contribution >= 0.6 is 0 Å². The molecule has 3 aromatic rings. The number of para-hydroxylation sites is 2. The van der Waals surface area contributed by atoms with Gasteiger partial charge in [0.25, 0.3) is 5.91 Å². The van der Waals surface area contributed by atoms with Crippen molar-refractivity contribution in [3.8, 4) is 17.2 Å². The number of amides is 1. The molecule has 33 heavy (non-hydrogen) atoms. The number of benzene rings is 3. The summed E-state index contributed by atoms with van der Waals surface area (Å²) >= 11 is 0. The van der Waals surface area contributed by atoms with Gasteiger partial charge in [-0.1, -0.05) is 25.1 Å². The van der Waals surface area contributed by atoms with Gasteiger partial charge in [-0.25, -0.2) is 9.35 Å². The number of nitrogens with one attached hydrogen (secondary N) is 1. The van der Waals surface area contributed by atoms with Gasteiger partial charge < -0.3 is 14.8 Å². The highest BCUT2D eigenvalue weighted by Crippen LogP contribution is 2.37. The maximum atomic E-state index is 13.3. The fourth-order valence-electron chi connectivity index (χ4n) is 2.85. The number of rotatable bonds is 8. The molecule has 1 amide bonds. The van der Waals surface area contributed by atoms with Crippen molar-refractivity contribution in [1.82, 2.24) is 0 Å². The van der Waals surface area contributed by atoms with Crippen LogP contribution in [0, 0.1) is 0 Å². The number of halogens is 3. The first-order valence-electron chi connectivity index (χ1n) is 9.87. The van der Waals surface area contributed by atoms with Gasteiger partial charge in [0.15, 0.2) is 11.5 Å². The Morgan fingerprint density at radius 2 is 1.73 bits per heavy atom. The molecule has 0 saturated heterocycles. The Balaban J connectivity index is 1.98. The van der Waals surface area contributed by atoms with Gasteiger partial charge in [-0.05, 0) is 55.0 Å². The SMILES string of the molecule is CCCOc1ccccc1Oc1cc(C(F)(F)F)ccc1C(=O)Nc1cccc(S(N)=O)c1. The molecule has 6 nitrogen and oxygen atoms in total. The topological polar surface area (TPSA) is 90.7 Å². The monoisotopic (exact) mass is 478 g/mol. The molecule has 0 radical (unpaired) electrons. The molecule has 0 aliphatic rings. The number of alkyl halides is 3. The van der Waals surface area contributed by atoms with Crippen LogP contribution in [-0.2, 0) is 17.2 Å². The van der Waals surface area contributed by atoms with Crippen molar-refractivity contribution in [2.24, 2.45) is 5.14 Å². The van der Waals surface area contributed by atoms with Crippen LogP contribution in [-0.4, -0.2) is 16.7 Å². The third-order valence-corrected chi connectivity index (χ3v) is 5.13. The Labute approximate surface area is 191 Å². The number of ether oxygens (including phenoxy) is 2. The van der Waals surface area contributed by atoms with Crippen molar-refractivity contribution in [2.45, 2.75) is 24.4 Å². The van der Waals surface area contributed by atoms with E-state index in [-0.39, 0.29) is 27.6 Å². The summed E-state index contributed by atoms with van der Waals surface area (Å²) in [7, 11) is -1.76. The molecule has 3 N–H and O–H groups in total. The van der Waals surface area contributed by atoms with Crippen LogP contribution in [0.2, 0.25) is 0 Å². The largest absolute Gasteiger partial charge is 0.490 e. The lowest BCUT2D eigenvalue weighted by molar-refractivity contribution is -0.137. The highest BCUT2D eigenvalue weighted by molar-refractivity contribution is 7.82. The lowest BCUT2D eigenvalue weighted by atomic mass is 10.1. The molecular weight excluding hydrogens is 457 g/mol. The fourth-order valence-corrected chi connectivity index (χ4v) is 3.31. The zero-order chi connectivity index (χ0) is 24.0. The van der Waals surface area contributed by atoms with Crippen molar-refractivity contribution in [3.05, 3.63) is 77.9 Å². The predicted octanol–water partition coefficient (Wildman–Crippen LogP) is 5.52. The van der Waals surface area contributed by atoms with E-state index in [2.05, 4.69) is 5.32 Å². The molecular formula is C23H21F3N2O4S. The van der Waals surface area contributed by atoms with Crippen LogP contribution in [0.15, 0.2) is 71.6 Å². The van der Waals surface area contributed by atoms with E-state index >= 15 is 0 Å². The van der Waals surface area contributed by atoms with E-state index in [4.69, 9.17) is 14.6 Å². The number of hydrogen-bond acceptors (Lipinski definition) is 4. The van der Waals surface area contributed by atoms with Crippen LogP contribution in [0.3, 0.4) is 0 Å². The molecule has 3 rings (SSSR count). The number of anilines is 1. The van der Waals surface area contributed by atoms with Gasteiger partial charge in [0, 0.05) is 5.69 Å². The maximum absolute atomic E-state index is 13.3. The van der Waals surface area contributed by atoms with E-state index < -0.39 is 28.6 Å². The van der Waals surface area contributed by atoms with Crippen LogP contribution in [0.25, 0.3) is 0 Å². The molecule has 0 saturated carbocycles. The van der Waals surface area contributed by atoms with E-state index in [0.29, 0.717) is 12.4 Å². The summed E-state index contributed by atoms with van der Waals surface area (Å²) in [5.41, 5.74) is -0.831. The molecule has 0 heterocycles. The number of carbonyl (C=O) groups excluding carboxylic acids is 1. The van der Waals surface area contributed by atoms with Crippen molar-refractivity contribution in [3.63, 3.8) is 0 Å². The summed E-state index contributed by atoms with van der Waals surface area (Å²) in [6.07, 6.45) is -3.91. The summed E-state index contributed by atoms with van der Waals surface area (Å²) in [4.78, 5) is 13.2. The first-order chi connectivity index (χ1) is 15.7. The molecule has 10 heteroatoms. The van der Waals surface area contributed by atoms with Crippen molar-refractivity contribution >= 4 is 22.6 Å². The van der Waals surface area contributed by atoms with E-state index in [1.807, 2.05) is 6.92 Å². The van der Waals surface area contributed by atoms with Gasteiger partial charge in [0.1, 0.15) is 16.7 Å². The van der Waals surface area contributed by atoms with E-state index in [0.717, 1.165) is 24.6 Å². The van der Waals surface area contributed by atoms with Gasteiger partial charge in [-0.3, -0.25) is 4.79 Å². The minimum atomic E-state index is -4.63. The second kappa shape index (κ2) is 10.5. The zero-order valence-electron chi connectivity index (χ0n) is 17.5. The van der Waals surface area contributed by atoms with Gasteiger partial charge in [-0.2, -0.15) is 13.2 Å². The summed E-state index contributed by atoms with van der Waals surface area (Å²) in [6, 6.07) is 15.1. The lowest BCUT2D eigenvalue weighted by Crippen LogP contribution is -2.15. The normalized spacial score (nSPS) is 12.2. The minimum Gasteiger partial charge on any atom is -0.490 e. The number of nitrogens with two attached hydrogens (primary N) is 1. The van der Waals surface area contributed by atoms with E-state index in [9.17, 15) is 22.2 Å². The average molecular weight is 478 g/mol. The number of hydrogen-bond donors (Lipinski definition) is 2. The van der Waals surface area contributed by atoms with Crippen LogP contribution in [0.4, 0.5) is 18.9 Å². The summed E-state index contributed by atoms with van der Waals surface area (Å²) < 4.78 is 62.8. The summed E-state index contributed by atoms with van der Waals surface area (Å²) in [5, 5.41) is 7.93. The molecule has 174 valence electrons. The molecule has 0 aromatic heterocycles. The Bertz CT molecular complexity index is 1170. The summed E-state index contributed by atoms with van der Waals surface area (Å²) in [6.45, 7) is 2.29. The standard InChI is InChI=1S/C23H21F3N2O4S/c1-2-12-31-19-8-3-4-9-20(19)32-21-13-15(23(24,25)26)10-11-18(21)22(29)28-16-6-5-7-17(14-16)33(27)30/h3-11,13-14H,2,12,27H2,1H3,(H,28,29). The molecule has 0 fully saturated rings. The molecule has 3 aromatic carbocycles. The third-order valence-electron chi connectivity index (χ3n) is 4.41. The first-order valence-corrected chi connectivity index (χ1v) is 11.1. The van der Waals surface area contributed by atoms with Gasteiger partial charge >= 0.3 is 6.18 Å². The van der Waals surface area contributed by atoms with E-state index in [1.54, 1.807) is 24.3 Å². The predicted molar refractivity (Wildman–Crippen MR) is 119 cm³/mol. The van der Waals surface area contributed by atoms with Gasteiger partial charge in [0.2, 0.25) is 0 Å². The minimum absolute atomic E-state index is 0.132. The Morgan fingerprint density at radius 3 is 2.39 bits per heavy atom. The molecule has 0 aliphatic carbocycles. The zero-order valence-corrected chi connectivity index (χ0v) is 18.3. The molecule has 0 spiro atoms. The van der Waals surface area contributed by atoms with Gasteiger partial charge in [0.05, 0.1) is 22.6 Å². The molecule has 0 aliphatic heterocycles. The van der Waals surface area contributed by atoms with Crippen molar-refractivity contribution in [1.29, 1.82) is 0 Å². The smallest absolute Gasteiger partial charge is 0.416 e. The third kappa shape index (κ3) is 6.33. The highest BCUT2D eigenvalue weighted by Gasteiger charge is 2.32. The molecule has 1 atom stereocenters. The van der Waals surface area contributed by atoms with Crippen molar-refractivity contribution < 1.29 is 31.6 Å². The Hall–Kier alpha value is -3.37. The van der Waals surface area contributed by atoms with Crippen LogP contribution < -0.4 is 19.9 Å².